The number of carbonyl (C=O) groups excluding carboxylic acids is 4. The van der Waals surface area contributed by atoms with Gasteiger partial charge in [-0.25, -0.2) is 4.79 Å². The molecule has 7 nitrogen and oxygen atoms in total. The average Bonchev–Trinajstić information content (AvgIpc) is 2.96. The number of rotatable bonds is 6. The molecule has 0 unspecified atom stereocenters. The van der Waals surface area contributed by atoms with Crippen molar-refractivity contribution >= 4 is 35.3 Å². The number of hydrogen-bond acceptors (Lipinski definition) is 5. The van der Waals surface area contributed by atoms with Crippen LogP contribution in [0.4, 0.5) is 0 Å². The van der Waals surface area contributed by atoms with E-state index < -0.39 is 36.3 Å². The molecule has 2 aromatic rings. The minimum Gasteiger partial charge on any atom is -0.454 e. The van der Waals surface area contributed by atoms with Gasteiger partial charge in [-0.2, -0.15) is 0 Å². The number of fused-ring (bicyclic) bond motifs is 1. The number of nitrogens with one attached hydrogen (secondary N) is 1. The van der Waals surface area contributed by atoms with Crippen LogP contribution in [0.2, 0.25) is 5.02 Å². The second kappa shape index (κ2) is 8.22. The van der Waals surface area contributed by atoms with E-state index >= 15 is 0 Å². The molecular weight excluding hydrogens is 384 g/mol. The highest BCUT2D eigenvalue weighted by Gasteiger charge is 2.41. The Bertz CT molecular complexity index is 907. The molecule has 1 heterocycles. The van der Waals surface area contributed by atoms with E-state index in [0.717, 1.165) is 10.5 Å². The van der Waals surface area contributed by atoms with Crippen molar-refractivity contribution in [3.05, 3.63) is 70.2 Å². The molecule has 0 bridgehead atoms. The van der Waals surface area contributed by atoms with E-state index in [1.807, 2.05) is 0 Å². The highest BCUT2D eigenvalue weighted by atomic mass is 35.5. The molecule has 0 radical (unpaired) electrons. The molecule has 3 amide bonds. The predicted octanol–water partition coefficient (Wildman–Crippen LogP) is 2.18. The van der Waals surface area contributed by atoms with Crippen LogP contribution in [0.15, 0.2) is 48.5 Å². The van der Waals surface area contributed by atoms with Crippen molar-refractivity contribution in [2.75, 3.05) is 6.61 Å². The Labute approximate surface area is 166 Å². The molecule has 1 N–H and O–H groups in total. The summed E-state index contributed by atoms with van der Waals surface area (Å²) in [5, 5.41) is 3.20. The van der Waals surface area contributed by atoms with Crippen LogP contribution in [0.1, 0.15) is 33.2 Å². The second-order valence-electron chi connectivity index (χ2n) is 6.21. The highest BCUT2D eigenvalue weighted by Crippen LogP contribution is 2.24. The standard InChI is InChI=1S/C20H17ClN2O5/c1-12(23-18(25)15-4-2-3-5-16(15)19(23)26)20(27)28-11-17(24)22-10-13-6-8-14(21)9-7-13/h2-9,12H,10-11H2,1H3,(H,22,24)/t12-/m0/s1. The maximum atomic E-state index is 12.4. The molecule has 28 heavy (non-hydrogen) atoms. The van der Waals surface area contributed by atoms with Gasteiger partial charge in [-0.1, -0.05) is 35.9 Å². The molecule has 2 aromatic carbocycles. The number of nitrogens with zero attached hydrogens (tertiary/aromatic N) is 1. The van der Waals surface area contributed by atoms with Crippen molar-refractivity contribution in [1.29, 1.82) is 0 Å². The molecule has 3 rings (SSSR count). The SMILES string of the molecule is C[C@@H](C(=O)OCC(=O)NCc1ccc(Cl)cc1)N1C(=O)c2ccccc2C1=O. The second-order valence-corrected chi connectivity index (χ2v) is 6.65. The molecule has 0 saturated heterocycles. The summed E-state index contributed by atoms with van der Waals surface area (Å²) < 4.78 is 4.96. The van der Waals surface area contributed by atoms with Crippen LogP contribution in [0.3, 0.4) is 0 Å². The fourth-order valence-corrected chi connectivity index (χ4v) is 2.90. The fraction of sp³-hybridized carbons (Fsp3) is 0.200. The number of imide groups is 1. The van der Waals surface area contributed by atoms with Crippen molar-refractivity contribution in [2.45, 2.75) is 19.5 Å². The van der Waals surface area contributed by atoms with E-state index in [2.05, 4.69) is 5.32 Å². The van der Waals surface area contributed by atoms with Crippen LogP contribution in [0, 0.1) is 0 Å². The minimum atomic E-state index is -1.14. The summed E-state index contributed by atoms with van der Waals surface area (Å²) in [5.41, 5.74) is 1.32. The van der Waals surface area contributed by atoms with Gasteiger partial charge in [-0.15, -0.1) is 0 Å². The normalized spacial score (nSPS) is 13.9. The van der Waals surface area contributed by atoms with Gasteiger partial charge in [0.15, 0.2) is 6.61 Å². The van der Waals surface area contributed by atoms with E-state index in [-0.39, 0.29) is 17.7 Å². The van der Waals surface area contributed by atoms with Crippen LogP contribution in [0.25, 0.3) is 0 Å². The van der Waals surface area contributed by atoms with Gasteiger partial charge in [0, 0.05) is 11.6 Å². The number of hydrogen-bond donors (Lipinski definition) is 1. The number of ether oxygens (including phenoxy) is 1. The summed E-state index contributed by atoms with van der Waals surface area (Å²) >= 11 is 5.80. The number of carbonyl (C=O) groups is 4. The van der Waals surface area contributed by atoms with Crippen molar-refractivity contribution in [1.82, 2.24) is 10.2 Å². The average molecular weight is 401 g/mol. The molecule has 0 saturated carbocycles. The zero-order chi connectivity index (χ0) is 20.3. The van der Waals surface area contributed by atoms with E-state index in [0.29, 0.717) is 5.02 Å². The third-order valence-corrected chi connectivity index (χ3v) is 4.55. The maximum Gasteiger partial charge on any atom is 0.329 e. The van der Waals surface area contributed by atoms with Gasteiger partial charge in [0.05, 0.1) is 11.1 Å². The lowest BCUT2D eigenvalue weighted by molar-refractivity contribution is -0.151. The lowest BCUT2D eigenvalue weighted by atomic mass is 10.1. The zero-order valence-corrected chi connectivity index (χ0v) is 15.7. The Morgan fingerprint density at radius 3 is 2.18 bits per heavy atom. The molecule has 144 valence electrons. The molecule has 1 atom stereocenters. The van der Waals surface area contributed by atoms with Crippen LogP contribution >= 0.6 is 11.6 Å². The molecule has 1 aliphatic heterocycles. The van der Waals surface area contributed by atoms with Crippen LogP contribution in [-0.2, 0) is 20.9 Å². The summed E-state index contributed by atoms with van der Waals surface area (Å²) in [6.07, 6.45) is 0. The Balaban J connectivity index is 1.52. The summed E-state index contributed by atoms with van der Waals surface area (Å²) in [6, 6.07) is 12.1. The lowest BCUT2D eigenvalue weighted by Gasteiger charge is -2.20. The monoisotopic (exact) mass is 400 g/mol. The van der Waals surface area contributed by atoms with Crippen LogP contribution < -0.4 is 5.32 Å². The van der Waals surface area contributed by atoms with Gasteiger partial charge >= 0.3 is 5.97 Å². The van der Waals surface area contributed by atoms with E-state index in [1.54, 1.807) is 36.4 Å². The van der Waals surface area contributed by atoms with Gasteiger partial charge in [-0.3, -0.25) is 19.3 Å². The Hall–Kier alpha value is -3.19. The Morgan fingerprint density at radius 2 is 1.61 bits per heavy atom. The van der Waals surface area contributed by atoms with E-state index in [9.17, 15) is 19.2 Å². The molecule has 0 spiro atoms. The van der Waals surface area contributed by atoms with E-state index in [1.165, 1.54) is 19.1 Å². The zero-order valence-electron chi connectivity index (χ0n) is 15.0. The largest absolute Gasteiger partial charge is 0.454 e. The van der Waals surface area contributed by atoms with Crippen molar-refractivity contribution in [3.63, 3.8) is 0 Å². The van der Waals surface area contributed by atoms with Crippen molar-refractivity contribution in [3.8, 4) is 0 Å². The number of esters is 1. The smallest absolute Gasteiger partial charge is 0.329 e. The van der Waals surface area contributed by atoms with Crippen molar-refractivity contribution in [2.24, 2.45) is 0 Å². The Kier molecular flexibility index (Phi) is 5.75. The minimum absolute atomic E-state index is 0.243. The molecule has 0 fully saturated rings. The highest BCUT2D eigenvalue weighted by molar-refractivity contribution is 6.30. The maximum absolute atomic E-state index is 12.4. The summed E-state index contributed by atoms with van der Waals surface area (Å²) in [7, 11) is 0. The number of amides is 3. The lowest BCUT2D eigenvalue weighted by Crippen LogP contribution is -2.44. The third kappa shape index (κ3) is 4.04. The van der Waals surface area contributed by atoms with E-state index in [4.69, 9.17) is 16.3 Å². The first-order chi connectivity index (χ1) is 13.4. The molecular formula is C20H17ClN2O5. The molecule has 0 aromatic heterocycles. The molecule has 0 aliphatic carbocycles. The summed E-state index contributed by atoms with van der Waals surface area (Å²) in [5.74, 6) is -2.46. The summed E-state index contributed by atoms with van der Waals surface area (Å²) in [6.45, 7) is 1.12. The van der Waals surface area contributed by atoms with Gasteiger partial charge < -0.3 is 10.1 Å². The predicted molar refractivity (Wildman–Crippen MR) is 101 cm³/mol. The fourth-order valence-electron chi connectivity index (χ4n) is 2.78. The first kappa shape index (κ1) is 19.6. The molecule has 1 aliphatic rings. The van der Waals surface area contributed by atoms with Gasteiger partial charge in [0.1, 0.15) is 6.04 Å². The van der Waals surface area contributed by atoms with Crippen LogP contribution in [0.5, 0.6) is 0 Å². The van der Waals surface area contributed by atoms with Gasteiger partial charge in [0.2, 0.25) is 0 Å². The number of benzene rings is 2. The van der Waals surface area contributed by atoms with Gasteiger partial charge in [-0.05, 0) is 36.8 Å². The molecule has 8 heteroatoms. The topological polar surface area (TPSA) is 92.8 Å². The first-order valence-electron chi connectivity index (χ1n) is 8.53. The van der Waals surface area contributed by atoms with Crippen LogP contribution in [-0.4, -0.2) is 41.2 Å². The van der Waals surface area contributed by atoms with Crippen molar-refractivity contribution < 1.29 is 23.9 Å². The third-order valence-electron chi connectivity index (χ3n) is 4.30. The Morgan fingerprint density at radius 1 is 1.04 bits per heavy atom. The number of halogens is 1. The summed E-state index contributed by atoms with van der Waals surface area (Å²) in [4.78, 5) is 49.7. The quantitative estimate of drug-likeness (QED) is 0.592. The first-order valence-corrected chi connectivity index (χ1v) is 8.91. The van der Waals surface area contributed by atoms with Gasteiger partial charge in [0.25, 0.3) is 17.7 Å².